The van der Waals surface area contributed by atoms with E-state index in [9.17, 15) is 14.9 Å². The number of alkyl halides is 3. The average Bonchev–Trinajstić information content (AvgIpc) is 3.04. The summed E-state index contributed by atoms with van der Waals surface area (Å²) in [4.78, 5) is 11.1. The van der Waals surface area contributed by atoms with Gasteiger partial charge in [-0.3, -0.25) is 4.90 Å². The summed E-state index contributed by atoms with van der Waals surface area (Å²) in [7, 11) is 0. The van der Waals surface area contributed by atoms with E-state index in [0.29, 0.717) is 22.5 Å². The van der Waals surface area contributed by atoms with E-state index in [1.807, 2.05) is 45.0 Å². The van der Waals surface area contributed by atoms with Gasteiger partial charge in [-0.15, -0.1) is 11.3 Å². The van der Waals surface area contributed by atoms with Gasteiger partial charge in [-0.25, -0.2) is 9.37 Å². The number of thiophene rings is 1. The lowest BCUT2D eigenvalue weighted by atomic mass is 9.91. The molecule has 1 unspecified atom stereocenters. The summed E-state index contributed by atoms with van der Waals surface area (Å²) in [6, 6.07) is 10.6. The van der Waals surface area contributed by atoms with Crippen molar-refractivity contribution in [2.45, 2.75) is 28.5 Å². The number of nitrogens with zero attached hydrogens (tertiary/aromatic N) is 5. The zero-order valence-electron chi connectivity index (χ0n) is 15.8. The molecule has 0 aliphatic rings. The molecule has 2 heterocycles. The molecule has 29 heavy (non-hydrogen) atoms. The first-order chi connectivity index (χ1) is 13.7. The summed E-state index contributed by atoms with van der Waals surface area (Å²) in [6.07, 6.45) is 2.24. The summed E-state index contributed by atoms with van der Waals surface area (Å²) < 4.78 is 14.1. The molecule has 0 saturated carbocycles. The second-order valence-electron chi connectivity index (χ2n) is 6.80. The number of rotatable bonds is 5. The van der Waals surface area contributed by atoms with Crippen molar-refractivity contribution in [1.82, 2.24) is 9.97 Å². The Balaban J connectivity index is 2.28. The van der Waals surface area contributed by atoms with Crippen LogP contribution in [0.3, 0.4) is 0 Å². The molecule has 0 N–H and O–H groups in total. The lowest BCUT2D eigenvalue weighted by Crippen LogP contribution is -2.30. The van der Waals surface area contributed by atoms with Gasteiger partial charge < -0.3 is 0 Å². The molecular weight excluding hydrogens is 615 g/mol. The number of nitriles is 2. The molecule has 0 fully saturated rings. The highest BCUT2D eigenvalue weighted by atomic mass is 127. The van der Waals surface area contributed by atoms with E-state index in [2.05, 4.69) is 16.2 Å². The second kappa shape index (κ2) is 8.66. The van der Waals surface area contributed by atoms with Gasteiger partial charge in [-0.2, -0.15) is 15.5 Å². The molecule has 0 saturated heterocycles. The Morgan fingerprint density at radius 2 is 1.90 bits per heavy atom. The normalized spacial score (nSPS) is 12.6. The first-order valence-electron chi connectivity index (χ1n) is 8.70. The maximum absolute atomic E-state index is 15.0. The number of hydrogen-bond acceptors (Lipinski definition) is 6. The molecular formula is C20H16FI2N5S. The molecule has 0 bridgehead atoms. The summed E-state index contributed by atoms with van der Waals surface area (Å²) in [6.45, 7) is 5.91. The first-order valence-corrected chi connectivity index (χ1v) is 11.7. The standard InChI is InChI=1S/C20H16FI2N5S/c1-11(2)17(13-6-4-5-7-14(13)20(21,22)23)28(10-25)19-18-15(8-12(3)29-18)26-16(9-24)27-19/h4-8,11,17H,1-3H3. The summed E-state index contributed by atoms with van der Waals surface area (Å²) >= 11 is 4.98. The van der Waals surface area contributed by atoms with Crippen LogP contribution in [0, 0.1) is 35.6 Å². The second-order valence-corrected chi connectivity index (χ2v) is 13.1. The minimum Gasteiger partial charge on any atom is -0.254 e. The van der Waals surface area contributed by atoms with E-state index in [1.54, 1.807) is 57.3 Å². The van der Waals surface area contributed by atoms with Crippen LogP contribution in [0.4, 0.5) is 10.2 Å². The number of aromatic nitrogens is 2. The zero-order valence-corrected chi connectivity index (χ0v) is 21.0. The fraction of sp³-hybridized carbons (Fsp3) is 0.300. The zero-order chi connectivity index (χ0) is 21.3. The third kappa shape index (κ3) is 4.47. The molecule has 148 valence electrons. The van der Waals surface area contributed by atoms with Crippen LogP contribution in [-0.2, 0) is 1.68 Å². The molecule has 0 amide bonds. The van der Waals surface area contributed by atoms with E-state index in [0.717, 1.165) is 9.58 Å². The quantitative estimate of drug-likeness (QED) is 0.139. The molecule has 2 aromatic heterocycles. The Labute approximate surface area is 199 Å². The van der Waals surface area contributed by atoms with Crippen molar-refractivity contribution >= 4 is 72.6 Å². The van der Waals surface area contributed by atoms with Gasteiger partial charge in [0.15, 0.2) is 12.0 Å². The molecule has 5 nitrogen and oxygen atoms in total. The fourth-order valence-electron chi connectivity index (χ4n) is 3.30. The fourth-order valence-corrected chi connectivity index (χ4v) is 5.22. The number of halogens is 3. The summed E-state index contributed by atoms with van der Waals surface area (Å²) in [5, 5.41) is 19.5. The Morgan fingerprint density at radius 1 is 1.21 bits per heavy atom. The Bertz CT molecular complexity index is 1140. The Kier molecular flexibility index (Phi) is 6.61. The third-order valence-electron chi connectivity index (χ3n) is 4.41. The number of aryl methyl sites for hydroxylation is 1. The van der Waals surface area contributed by atoms with Gasteiger partial charge in [0.05, 0.1) is 16.3 Å². The highest BCUT2D eigenvalue weighted by Crippen LogP contribution is 2.46. The predicted octanol–water partition coefficient (Wildman–Crippen LogP) is 6.51. The van der Waals surface area contributed by atoms with Crippen molar-refractivity contribution in [3.63, 3.8) is 0 Å². The van der Waals surface area contributed by atoms with Gasteiger partial charge in [0.25, 0.3) is 0 Å². The van der Waals surface area contributed by atoms with Crippen LogP contribution in [0.1, 0.15) is 41.7 Å². The van der Waals surface area contributed by atoms with E-state index in [-0.39, 0.29) is 11.7 Å². The number of fused-ring (bicyclic) bond motifs is 1. The van der Waals surface area contributed by atoms with Crippen molar-refractivity contribution < 1.29 is 4.39 Å². The topological polar surface area (TPSA) is 76.6 Å². The molecule has 3 aromatic rings. The monoisotopic (exact) mass is 631 g/mol. The van der Waals surface area contributed by atoms with E-state index >= 15 is 0 Å². The molecule has 1 atom stereocenters. The maximum Gasteiger partial charge on any atom is 0.235 e. The Hall–Kier alpha value is -1.57. The molecule has 0 spiro atoms. The molecule has 1 aromatic carbocycles. The highest BCUT2D eigenvalue weighted by Gasteiger charge is 2.35. The van der Waals surface area contributed by atoms with Crippen molar-refractivity contribution in [2.24, 2.45) is 5.92 Å². The van der Waals surface area contributed by atoms with Crippen LogP contribution < -0.4 is 4.90 Å². The third-order valence-corrected chi connectivity index (χ3v) is 6.61. The Morgan fingerprint density at radius 3 is 2.48 bits per heavy atom. The number of hydrogen-bond donors (Lipinski definition) is 0. The van der Waals surface area contributed by atoms with Crippen molar-refractivity contribution in [3.05, 3.63) is 52.2 Å². The highest BCUT2D eigenvalue weighted by molar-refractivity contribution is 14.2. The molecule has 0 aliphatic heterocycles. The van der Waals surface area contributed by atoms with Gasteiger partial charge in [-0.05, 0) is 69.7 Å². The van der Waals surface area contributed by atoms with E-state index in [1.165, 1.54) is 16.2 Å². The molecule has 9 heteroatoms. The molecule has 0 aliphatic carbocycles. The summed E-state index contributed by atoms with van der Waals surface area (Å²) in [5.41, 5.74) is 1.86. The SMILES string of the molecule is Cc1cc2nc(C#N)nc(N(C#N)C(c3ccccc3C(F)(I)I)C(C)C)c2s1. The van der Waals surface area contributed by atoms with Gasteiger partial charge in [-0.1, -0.05) is 38.1 Å². The van der Waals surface area contributed by atoms with Crippen LogP contribution in [0.15, 0.2) is 30.3 Å². The van der Waals surface area contributed by atoms with Gasteiger partial charge in [0.2, 0.25) is 7.51 Å². The van der Waals surface area contributed by atoms with Crippen LogP contribution in [0.5, 0.6) is 0 Å². The maximum atomic E-state index is 15.0. The van der Waals surface area contributed by atoms with Crippen molar-refractivity contribution in [2.75, 3.05) is 4.90 Å². The van der Waals surface area contributed by atoms with Crippen molar-refractivity contribution in [1.29, 1.82) is 10.5 Å². The smallest absolute Gasteiger partial charge is 0.235 e. The number of anilines is 1. The van der Waals surface area contributed by atoms with Crippen LogP contribution in [-0.4, -0.2) is 9.97 Å². The summed E-state index contributed by atoms with van der Waals surface area (Å²) in [5.74, 6) is 0.360. The van der Waals surface area contributed by atoms with Crippen LogP contribution in [0.25, 0.3) is 10.2 Å². The predicted molar refractivity (Wildman–Crippen MR) is 130 cm³/mol. The minimum absolute atomic E-state index is 0.00367. The first kappa shape index (κ1) is 22.1. The van der Waals surface area contributed by atoms with Crippen molar-refractivity contribution in [3.8, 4) is 12.3 Å². The largest absolute Gasteiger partial charge is 0.254 e. The minimum atomic E-state index is -1.63. The average molecular weight is 631 g/mol. The van der Waals surface area contributed by atoms with E-state index < -0.39 is 7.72 Å². The lowest BCUT2D eigenvalue weighted by Gasteiger charge is -2.32. The lowest BCUT2D eigenvalue weighted by molar-refractivity contribution is 0.449. The van der Waals surface area contributed by atoms with Crippen LogP contribution >= 0.6 is 56.5 Å². The molecule has 3 rings (SSSR count). The van der Waals surface area contributed by atoms with Gasteiger partial charge in [0, 0.05) is 10.4 Å². The van der Waals surface area contributed by atoms with Gasteiger partial charge >= 0.3 is 0 Å². The number of benzene rings is 1. The molecule has 0 radical (unpaired) electrons. The van der Waals surface area contributed by atoms with Gasteiger partial charge in [0.1, 0.15) is 6.07 Å². The van der Waals surface area contributed by atoms with Crippen LogP contribution in [0.2, 0.25) is 0 Å². The van der Waals surface area contributed by atoms with E-state index in [4.69, 9.17) is 0 Å².